The first-order chi connectivity index (χ1) is 17.1. The summed E-state index contributed by atoms with van der Waals surface area (Å²) in [5.74, 6) is 3.25. The third-order valence-electron chi connectivity index (χ3n) is 6.41. The van der Waals surface area contributed by atoms with Gasteiger partial charge in [0.05, 0.1) is 7.11 Å². The zero-order valence-corrected chi connectivity index (χ0v) is 22.4. The molecule has 0 radical (unpaired) electrons. The van der Waals surface area contributed by atoms with Crippen LogP contribution in [-0.4, -0.2) is 62.3 Å². The molecule has 36 heavy (non-hydrogen) atoms. The van der Waals surface area contributed by atoms with Crippen molar-refractivity contribution >= 4 is 24.2 Å². The molecule has 1 aromatic carbocycles. The molecule has 0 N–H and O–H groups in total. The predicted octanol–water partition coefficient (Wildman–Crippen LogP) is 4.85. The Hall–Kier alpha value is -2.88. The van der Waals surface area contributed by atoms with E-state index >= 15 is 0 Å². The number of methoxy groups -OCH3 is 1. The van der Waals surface area contributed by atoms with E-state index < -0.39 is 0 Å². The molecule has 3 aromatic heterocycles. The molecular weight excluding hydrogens is 496 g/mol. The van der Waals surface area contributed by atoms with Crippen LogP contribution >= 0.6 is 24.2 Å². The minimum Gasteiger partial charge on any atom is -0.481 e. The van der Waals surface area contributed by atoms with E-state index in [1.807, 2.05) is 36.7 Å². The van der Waals surface area contributed by atoms with Gasteiger partial charge in [-0.1, -0.05) is 29.1 Å². The normalized spacial score (nSPS) is 13.6. The number of thioether (sulfide) groups is 1. The fourth-order valence-electron chi connectivity index (χ4n) is 4.43. The minimum atomic E-state index is 0. The van der Waals surface area contributed by atoms with Gasteiger partial charge < -0.3 is 18.7 Å². The molecule has 0 amide bonds. The van der Waals surface area contributed by atoms with Crippen LogP contribution in [0.2, 0.25) is 0 Å². The monoisotopic (exact) mass is 526 g/mol. The maximum Gasteiger partial charge on any atom is 0.212 e. The summed E-state index contributed by atoms with van der Waals surface area (Å²) in [5, 5.41) is 13.9. The van der Waals surface area contributed by atoms with Crippen molar-refractivity contribution in [2.24, 2.45) is 7.05 Å². The van der Waals surface area contributed by atoms with Gasteiger partial charge in [-0.3, -0.25) is 0 Å². The van der Waals surface area contributed by atoms with Crippen LogP contribution < -0.4 is 4.74 Å². The van der Waals surface area contributed by atoms with E-state index in [-0.39, 0.29) is 12.4 Å². The first-order valence-corrected chi connectivity index (χ1v) is 12.9. The maximum absolute atomic E-state index is 5.25. The number of fused-ring (bicyclic) bond motifs is 1. The molecule has 1 aliphatic rings. The summed E-state index contributed by atoms with van der Waals surface area (Å²) in [6, 6.07) is 12.5. The van der Waals surface area contributed by atoms with Gasteiger partial charge in [-0.05, 0) is 56.0 Å². The number of rotatable bonds is 8. The molecule has 0 aliphatic carbocycles. The third-order valence-corrected chi connectivity index (χ3v) is 7.52. The molecule has 0 fully saturated rings. The molecule has 10 heteroatoms. The van der Waals surface area contributed by atoms with Crippen molar-refractivity contribution < 1.29 is 9.26 Å². The second-order valence-electron chi connectivity index (χ2n) is 8.80. The summed E-state index contributed by atoms with van der Waals surface area (Å²) < 4.78 is 12.4. The van der Waals surface area contributed by atoms with Crippen LogP contribution in [0.5, 0.6) is 5.88 Å². The summed E-state index contributed by atoms with van der Waals surface area (Å²) in [4.78, 5) is 6.85. The number of hydrogen-bond donors (Lipinski definition) is 0. The highest BCUT2D eigenvalue weighted by Gasteiger charge is 2.16. The van der Waals surface area contributed by atoms with Crippen LogP contribution in [0.25, 0.3) is 22.6 Å². The fourth-order valence-corrected chi connectivity index (χ4v) is 5.27. The van der Waals surface area contributed by atoms with E-state index in [1.165, 1.54) is 11.1 Å². The van der Waals surface area contributed by atoms with Gasteiger partial charge in [-0.25, -0.2) is 4.98 Å². The Kier molecular flexibility index (Phi) is 8.66. The van der Waals surface area contributed by atoms with Gasteiger partial charge in [0.1, 0.15) is 11.5 Å². The van der Waals surface area contributed by atoms with Gasteiger partial charge >= 0.3 is 0 Å². The van der Waals surface area contributed by atoms with Crippen LogP contribution in [0.4, 0.5) is 0 Å². The quantitative estimate of drug-likeness (QED) is 0.238. The number of nitrogens with zero attached hydrogens (tertiary/aromatic N) is 6. The lowest BCUT2D eigenvalue weighted by Crippen LogP contribution is -2.27. The van der Waals surface area contributed by atoms with E-state index in [0.29, 0.717) is 5.88 Å². The Bertz CT molecular complexity index is 1290. The smallest absolute Gasteiger partial charge is 0.212 e. The Labute approximate surface area is 221 Å². The van der Waals surface area contributed by atoms with E-state index in [4.69, 9.17) is 9.26 Å². The summed E-state index contributed by atoms with van der Waals surface area (Å²) in [6.45, 7) is 5.19. The Morgan fingerprint density at radius 2 is 1.83 bits per heavy atom. The Morgan fingerprint density at radius 1 is 1.03 bits per heavy atom. The Balaban J connectivity index is 0.00000304. The lowest BCUT2D eigenvalue weighted by atomic mass is 9.99. The van der Waals surface area contributed by atoms with Crippen molar-refractivity contribution in [1.29, 1.82) is 0 Å². The molecular formula is C26H31ClN6O2S. The molecule has 0 bridgehead atoms. The fraction of sp³-hybridized carbons (Fsp3) is 0.385. The van der Waals surface area contributed by atoms with Crippen molar-refractivity contribution in [2.75, 3.05) is 32.5 Å². The molecule has 0 atom stereocenters. The van der Waals surface area contributed by atoms with Gasteiger partial charge in [-0.15, -0.1) is 22.6 Å². The van der Waals surface area contributed by atoms with Gasteiger partial charge in [0.2, 0.25) is 5.88 Å². The molecule has 1 aliphatic heterocycles. The largest absolute Gasteiger partial charge is 0.481 e. The van der Waals surface area contributed by atoms with Crippen LogP contribution in [0, 0.1) is 6.92 Å². The van der Waals surface area contributed by atoms with Crippen molar-refractivity contribution in [3.63, 3.8) is 0 Å². The highest BCUT2D eigenvalue weighted by molar-refractivity contribution is 7.99. The first kappa shape index (κ1) is 26.2. The lowest BCUT2D eigenvalue weighted by Gasteiger charge is -2.19. The standard InChI is InChI=1S/C26H30N6O2S.ClH/c1-18-15-23(30-34-18)21-6-5-19-9-12-32(13-10-20(19)16-21)11-4-14-35-26-29-28-25(31(26)2)22-7-8-24(33-3)27-17-22;/h5-8,15-17H,4,9-14H2,1-3H3;1H. The average Bonchev–Trinajstić information content (AvgIpc) is 3.42. The number of hydrogen-bond acceptors (Lipinski definition) is 8. The van der Waals surface area contributed by atoms with E-state index in [2.05, 4.69) is 43.4 Å². The summed E-state index contributed by atoms with van der Waals surface area (Å²) in [6.07, 6.45) is 5.03. The van der Waals surface area contributed by atoms with E-state index in [9.17, 15) is 0 Å². The number of halogens is 1. The van der Waals surface area contributed by atoms with Crippen molar-refractivity contribution in [1.82, 2.24) is 29.8 Å². The lowest BCUT2D eigenvalue weighted by molar-refractivity contribution is 0.289. The minimum absolute atomic E-state index is 0. The highest BCUT2D eigenvalue weighted by Crippen LogP contribution is 2.26. The molecule has 0 saturated heterocycles. The predicted molar refractivity (Wildman–Crippen MR) is 144 cm³/mol. The zero-order valence-electron chi connectivity index (χ0n) is 20.8. The molecule has 190 valence electrons. The van der Waals surface area contributed by atoms with Gasteiger partial charge in [0.25, 0.3) is 0 Å². The molecule has 5 rings (SSSR count). The number of ether oxygens (including phenoxy) is 1. The molecule has 0 unspecified atom stereocenters. The van der Waals surface area contributed by atoms with E-state index in [1.54, 1.807) is 25.1 Å². The maximum atomic E-state index is 5.25. The highest BCUT2D eigenvalue weighted by atomic mass is 35.5. The number of aromatic nitrogens is 5. The SMILES string of the molecule is COc1ccc(-c2nnc(SCCCN3CCc4ccc(-c5cc(C)on5)cc4CC3)n2C)cn1.Cl. The number of pyridine rings is 1. The van der Waals surface area contributed by atoms with Crippen molar-refractivity contribution in [3.8, 4) is 28.5 Å². The second kappa shape index (κ2) is 11.9. The number of benzene rings is 1. The van der Waals surface area contributed by atoms with Crippen LogP contribution in [0.3, 0.4) is 0 Å². The molecule has 0 saturated carbocycles. The molecule has 4 heterocycles. The molecule has 4 aromatic rings. The van der Waals surface area contributed by atoms with Crippen LogP contribution in [0.15, 0.2) is 52.3 Å². The van der Waals surface area contributed by atoms with Crippen LogP contribution in [-0.2, 0) is 19.9 Å². The third kappa shape index (κ3) is 5.91. The summed E-state index contributed by atoms with van der Waals surface area (Å²) in [5.41, 5.74) is 5.86. The first-order valence-electron chi connectivity index (χ1n) is 11.9. The van der Waals surface area contributed by atoms with E-state index in [0.717, 1.165) is 78.2 Å². The van der Waals surface area contributed by atoms with Crippen molar-refractivity contribution in [2.45, 2.75) is 31.3 Å². The molecule has 0 spiro atoms. The zero-order chi connectivity index (χ0) is 24.2. The molecule has 8 nitrogen and oxygen atoms in total. The summed E-state index contributed by atoms with van der Waals surface area (Å²) in [7, 11) is 3.61. The average molecular weight is 527 g/mol. The second-order valence-corrected chi connectivity index (χ2v) is 9.87. The number of aryl methyl sites for hydroxylation is 1. The van der Waals surface area contributed by atoms with Gasteiger partial charge in [0, 0.05) is 55.3 Å². The van der Waals surface area contributed by atoms with Crippen LogP contribution in [0.1, 0.15) is 23.3 Å². The van der Waals surface area contributed by atoms with Gasteiger partial charge in [-0.2, -0.15) is 0 Å². The van der Waals surface area contributed by atoms with Crippen molar-refractivity contribution in [3.05, 3.63) is 59.5 Å². The topological polar surface area (TPSA) is 82.1 Å². The Morgan fingerprint density at radius 3 is 2.56 bits per heavy atom. The summed E-state index contributed by atoms with van der Waals surface area (Å²) >= 11 is 1.75. The van der Waals surface area contributed by atoms with Gasteiger partial charge in [0.15, 0.2) is 11.0 Å².